The molecular weight excluding hydrogens is 460 g/mol. The number of carboxylic acids is 1. The number of hydrogen-bond acceptors (Lipinski definition) is 9. The molecule has 33 heavy (non-hydrogen) atoms. The lowest BCUT2D eigenvalue weighted by Gasteiger charge is -2.26. The van der Waals surface area contributed by atoms with Crippen LogP contribution in [0, 0.1) is 0 Å². The van der Waals surface area contributed by atoms with Crippen LogP contribution in [-0.4, -0.2) is 111 Å². The highest BCUT2D eigenvalue weighted by Crippen LogP contribution is 2.02. The fraction of sp³-hybridized carbons (Fsp3) is 0.778. The van der Waals surface area contributed by atoms with Crippen LogP contribution in [-0.2, 0) is 33.4 Å². The summed E-state index contributed by atoms with van der Waals surface area (Å²) in [7, 11) is 1.35. The number of carbonyl (C=O) groups excluding carboxylic acids is 3. The third-order valence-corrected chi connectivity index (χ3v) is 4.53. The largest absolute Gasteiger partial charge is 0.480 e. The Kier molecular flexibility index (Phi) is 17.5. The van der Waals surface area contributed by atoms with Gasteiger partial charge >= 0.3 is 5.97 Å². The number of nitrogens with zero attached hydrogens (tertiary/aromatic N) is 4. The summed E-state index contributed by atoms with van der Waals surface area (Å²) in [6, 6.07) is -1.96. The van der Waals surface area contributed by atoms with E-state index in [1.165, 1.54) is 14.0 Å². The fourth-order valence-electron chi connectivity index (χ4n) is 2.18. The van der Waals surface area contributed by atoms with Crippen molar-refractivity contribution in [1.82, 2.24) is 15.5 Å². The van der Waals surface area contributed by atoms with Gasteiger partial charge in [-0.05, 0) is 12.5 Å². The average molecular weight is 493 g/mol. The first-order valence-electron chi connectivity index (χ1n) is 10.1. The van der Waals surface area contributed by atoms with Gasteiger partial charge in [-0.3, -0.25) is 14.4 Å². The number of nitrogens with one attached hydrogen (secondary N) is 2. The highest BCUT2D eigenvalue weighted by molar-refractivity contribution is 7.80. The van der Waals surface area contributed by atoms with Gasteiger partial charge in [0.1, 0.15) is 18.6 Å². The fourth-order valence-corrected chi connectivity index (χ4v) is 2.42. The van der Waals surface area contributed by atoms with E-state index in [-0.39, 0.29) is 44.4 Å². The van der Waals surface area contributed by atoms with Crippen LogP contribution in [0.4, 0.5) is 0 Å². The number of ether oxygens (including phenoxy) is 3. The van der Waals surface area contributed by atoms with Crippen molar-refractivity contribution in [2.75, 3.05) is 65.5 Å². The SMILES string of the molecule is C[C@@H](C(=O)O)N(C)C(=O)[C@H](CS)NC(=O)CCOCCOCCOCCNC(=O)CN=[N+]=[N-]. The maximum atomic E-state index is 12.3. The maximum absolute atomic E-state index is 12.3. The van der Waals surface area contributed by atoms with Gasteiger partial charge in [-0.2, -0.15) is 12.6 Å². The first-order valence-corrected chi connectivity index (χ1v) is 10.8. The van der Waals surface area contributed by atoms with Gasteiger partial charge in [-0.25, -0.2) is 4.79 Å². The normalized spacial score (nSPS) is 12.2. The molecule has 0 bridgehead atoms. The molecule has 0 saturated heterocycles. The molecule has 188 valence electrons. The summed E-state index contributed by atoms with van der Waals surface area (Å²) < 4.78 is 15.9. The molecule has 0 aromatic carbocycles. The summed E-state index contributed by atoms with van der Waals surface area (Å²) in [5.74, 6) is -2.46. The molecule has 0 aliphatic heterocycles. The Bertz CT molecular complexity index is 676. The number of hydrogen-bond donors (Lipinski definition) is 4. The minimum absolute atomic E-state index is 0.0181. The molecule has 3 amide bonds. The van der Waals surface area contributed by atoms with Crippen LogP contribution in [0.15, 0.2) is 5.11 Å². The molecular formula is C18H32N6O8S. The van der Waals surface area contributed by atoms with Gasteiger partial charge in [0.05, 0.1) is 39.6 Å². The van der Waals surface area contributed by atoms with Gasteiger partial charge in [-0.15, -0.1) is 0 Å². The molecule has 0 radical (unpaired) electrons. The van der Waals surface area contributed by atoms with E-state index in [1.807, 2.05) is 0 Å². The zero-order chi connectivity index (χ0) is 25.1. The zero-order valence-electron chi connectivity index (χ0n) is 18.8. The van der Waals surface area contributed by atoms with Crippen molar-refractivity contribution in [2.24, 2.45) is 5.11 Å². The van der Waals surface area contributed by atoms with Gasteiger partial charge in [0, 0.05) is 30.7 Å². The predicted molar refractivity (Wildman–Crippen MR) is 120 cm³/mol. The Morgan fingerprint density at radius 3 is 2.18 bits per heavy atom. The first-order chi connectivity index (χ1) is 15.7. The molecule has 0 aromatic heterocycles. The van der Waals surface area contributed by atoms with E-state index in [0.717, 1.165) is 4.90 Å². The molecule has 0 aliphatic carbocycles. The number of amides is 3. The molecule has 0 aromatic rings. The van der Waals surface area contributed by atoms with Gasteiger partial charge in [-0.1, -0.05) is 5.11 Å². The Labute approximate surface area is 197 Å². The van der Waals surface area contributed by atoms with E-state index in [1.54, 1.807) is 0 Å². The molecule has 0 spiro atoms. The van der Waals surface area contributed by atoms with Crippen LogP contribution in [0.5, 0.6) is 0 Å². The van der Waals surface area contributed by atoms with E-state index in [9.17, 15) is 19.2 Å². The van der Waals surface area contributed by atoms with Crippen LogP contribution in [0.2, 0.25) is 0 Å². The molecule has 3 N–H and O–H groups in total. The topological polar surface area (TPSA) is 192 Å². The lowest BCUT2D eigenvalue weighted by Crippen LogP contribution is -2.52. The van der Waals surface area contributed by atoms with Gasteiger partial charge in [0.25, 0.3) is 0 Å². The third kappa shape index (κ3) is 15.0. The molecule has 0 unspecified atom stereocenters. The number of likely N-dealkylation sites (N-methyl/N-ethyl adjacent to an activating group) is 1. The van der Waals surface area contributed by atoms with E-state index >= 15 is 0 Å². The Hall–Kier alpha value is -2.58. The maximum Gasteiger partial charge on any atom is 0.326 e. The number of aliphatic carboxylic acids is 1. The van der Waals surface area contributed by atoms with Crippen LogP contribution in [0.25, 0.3) is 10.4 Å². The van der Waals surface area contributed by atoms with Crippen molar-refractivity contribution in [2.45, 2.75) is 25.4 Å². The highest BCUT2D eigenvalue weighted by Gasteiger charge is 2.28. The molecule has 14 nitrogen and oxygen atoms in total. The first kappa shape index (κ1) is 30.4. The van der Waals surface area contributed by atoms with Crippen molar-refractivity contribution < 1.29 is 38.5 Å². The Morgan fingerprint density at radius 1 is 1.06 bits per heavy atom. The van der Waals surface area contributed by atoms with E-state index in [0.29, 0.717) is 26.4 Å². The third-order valence-electron chi connectivity index (χ3n) is 4.17. The highest BCUT2D eigenvalue weighted by atomic mass is 32.1. The summed E-state index contributed by atoms with van der Waals surface area (Å²) in [5, 5.41) is 17.2. The van der Waals surface area contributed by atoms with Crippen molar-refractivity contribution in [3.05, 3.63) is 10.4 Å². The summed E-state index contributed by atoms with van der Waals surface area (Å²) in [6.07, 6.45) is 0.0181. The Morgan fingerprint density at radius 2 is 1.64 bits per heavy atom. The second-order valence-corrected chi connectivity index (χ2v) is 6.96. The van der Waals surface area contributed by atoms with E-state index in [2.05, 4.69) is 33.3 Å². The standard InChI is InChI=1S/C18H32N6O8S/c1-13(18(28)29)24(2)17(27)14(12-33)22-15(25)3-5-30-7-9-32-10-8-31-6-4-20-16(26)11-21-23-19/h13-14,33H,3-12H2,1-2H3,(H,20,26)(H,22,25)(H,28,29)/t13-,14-/m0/s1. The number of carbonyl (C=O) groups is 4. The molecule has 0 aliphatic rings. The molecule has 0 fully saturated rings. The van der Waals surface area contributed by atoms with Crippen molar-refractivity contribution >= 4 is 36.3 Å². The molecule has 0 rings (SSSR count). The second-order valence-electron chi connectivity index (χ2n) is 6.59. The van der Waals surface area contributed by atoms with Crippen molar-refractivity contribution in [1.29, 1.82) is 0 Å². The lowest BCUT2D eigenvalue weighted by molar-refractivity contribution is -0.149. The predicted octanol–water partition coefficient (Wildman–Crippen LogP) is -0.801. The minimum Gasteiger partial charge on any atom is -0.480 e. The van der Waals surface area contributed by atoms with Crippen LogP contribution in [0.1, 0.15) is 13.3 Å². The number of thiol groups is 1. The van der Waals surface area contributed by atoms with Gasteiger partial charge in [0.2, 0.25) is 17.7 Å². The molecule has 15 heteroatoms. The molecule has 0 saturated carbocycles. The van der Waals surface area contributed by atoms with E-state index in [4.69, 9.17) is 24.8 Å². The van der Waals surface area contributed by atoms with Gasteiger partial charge in [0.15, 0.2) is 0 Å². The lowest BCUT2D eigenvalue weighted by atomic mass is 10.2. The van der Waals surface area contributed by atoms with Gasteiger partial charge < -0.3 is 34.9 Å². The second kappa shape index (κ2) is 18.9. The number of rotatable bonds is 19. The minimum atomic E-state index is -1.15. The molecule has 0 heterocycles. The zero-order valence-corrected chi connectivity index (χ0v) is 19.7. The van der Waals surface area contributed by atoms with Crippen LogP contribution >= 0.6 is 12.6 Å². The monoisotopic (exact) mass is 492 g/mol. The quantitative estimate of drug-likeness (QED) is 0.0591. The number of azide groups is 1. The summed E-state index contributed by atoms with van der Waals surface area (Å²) in [4.78, 5) is 49.9. The average Bonchev–Trinajstić information content (AvgIpc) is 2.80. The van der Waals surface area contributed by atoms with E-state index < -0.39 is 29.9 Å². The van der Waals surface area contributed by atoms with Crippen molar-refractivity contribution in [3.63, 3.8) is 0 Å². The smallest absolute Gasteiger partial charge is 0.326 e. The van der Waals surface area contributed by atoms with Crippen LogP contribution < -0.4 is 10.6 Å². The van der Waals surface area contributed by atoms with Crippen LogP contribution in [0.3, 0.4) is 0 Å². The number of carboxylic acid groups (broad SMARTS) is 1. The Balaban J connectivity index is 3.77. The summed E-state index contributed by atoms with van der Waals surface area (Å²) in [5.41, 5.74) is 8.09. The summed E-state index contributed by atoms with van der Waals surface area (Å²) >= 11 is 4.05. The summed E-state index contributed by atoms with van der Waals surface area (Å²) in [6.45, 7) is 3.02. The molecule has 2 atom stereocenters. The van der Waals surface area contributed by atoms with Crippen molar-refractivity contribution in [3.8, 4) is 0 Å².